The summed E-state index contributed by atoms with van der Waals surface area (Å²) in [4.78, 5) is 18.9. The molecule has 3 aromatic rings. The van der Waals surface area contributed by atoms with Crippen molar-refractivity contribution in [1.29, 1.82) is 0 Å². The number of halogens is 3. The second-order valence-corrected chi connectivity index (χ2v) is 6.84. The maximum Gasteiger partial charge on any atom is 0.421 e. The van der Waals surface area contributed by atoms with Crippen LogP contribution in [0.4, 0.5) is 19.0 Å². The number of aromatic nitrogens is 5. The van der Waals surface area contributed by atoms with Crippen LogP contribution in [0.3, 0.4) is 0 Å². The highest BCUT2D eigenvalue weighted by Gasteiger charge is 2.35. The molecule has 3 aromatic heterocycles. The van der Waals surface area contributed by atoms with Crippen LogP contribution in [0, 0.1) is 5.92 Å². The van der Waals surface area contributed by atoms with E-state index in [0.29, 0.717) is 6.54 Å². The molecule has 0 aromatic carbocycles. The lowest BCUT2D eigenvalue weighted by Crippen LogP contribution is -2.38. The van der Waals surface area contributed by atoms with Crippen molar-refractivity contribution in [2.45, 2.75) is 19.0 Å². The molecule has 0 aliphatic carbocycles. The summed E-state index contributed by atoms with van der Waals surface area (Å²) in [7, 11) is 1.87. The third kappa shape index (κ3) is 3.58. The van der Waals surface area contributed by atoms with Crippen LogP contribution >= 0.6 is 0 Å². The third-order valence-electron chi connectivity index (χ3n) is 4.83. The fourth-order valence-corrected chi connectivity index (χ4v) is 3.48. The minimum atomic E-state index is -4.49. The lowest BCUT2D eigenvalue weighted by atomic mass is 9.99. The van der Waals surface area contributed by atoms with Gasteiger partial charge >= 0.3 is 6.18 Å². The van der Waals surface area contributed by atoms with Crippen LogP contribution in [-0.2, 0) is 13.2 Å². The van der Waals surface area contributed by atoms with Crippen LogP contribution in [0.1, 0.15) is 18.4 Å². The van der Waals surface area contributed by atoms with Gasteiger partial charge in [0.05, 0.1) is 12.9 Å². The first-order chi connectivity index (χ1) is 13.4. The molecule has 1 saturated heterocycles. The summed E-state index contributed by atoms with van der Waals surface area (Å²) >= 11 is 0. The average Bonchev–Trinajstić information content (AvgIpc) is 3.07. The lowest BCUT2D eigenvalue weighted by Gasteiger charge is -2.33. The summed E-state index contributed by atoms with van der Waals surface area (Å²) in [6.07, 6.45) is 1.75. The van der Waals surface area contributed by atoms with E-state index in [0.717, 1.165) is 42.4 Å². The standard InChI is InChI=1S/C18H19F3N6O/c1-26-11-25-14-15(26)23-10-24-16(14)27-7-3-4-12(8-27)9-28-17-13(18(19,20)21)5-2-6-22-17/h2,5-6,10-12H,3-4,7-9H2,1H3. The number of hydrogen-bond acceptors (Lipinski definition) is 6. The Labute approximate surface area is 159 Å². The van der Waals surface area contributed by atoms with E-state index in [1.54, 1.807) is 6.33 Å². The molecule has 0 bridgehead atoms. The second-order valence-electron chi connectivity index (χ2n) is 6.84. The van der Waals surface area contributed by atoms with Crippen LogP contribution in [0.25, 0.3) is 11.2 Å². The summed E-state index contributed by atoms with van der Waals surface area (Å²) in [5, 5.41) is 0. The molecule has 0 N–H and O–H groups in total. The number of piperidine rings is 1. The molecule has 28 heavy (non-hydrogen) atoms. The Morgan fingerprint density at radius 1 is 1.21 bits per heavy atom. The van der Waals surface area contributed by atoms with E-state index in [1.807, 2.05) is 11.6 Å². The molecule has 1 unspecified atom stereocenters. The van der Waals surface area contributed by atoms with E-state index in [9.17, 15) is 13.2 Å². The molecule has 1 atom stereocenters. The summed E-state index contributed by atoms with van der Waals surface area (Å²) in [6.45, 7) is 1.58. The van der Waals surface area contributed by atoms with Crippen molar-refractivity contribution < 1.29 is 17.9 Å². The maximum atomic E-state index is 13.1. The fourth-order valence-electron chi connectivity index (χ4n) is 3.48. The Morgan fingerprint density at radius 2 is 2.07 bits per heavy atom. The Morgan fingerprint density at radius 3 is 2.89 bits per heavy atom. The zero-order valence-corrected chi connectivity index (χ0v) is 15.2. The smallest absolute Gasteiger partial charge is 0.421 e. The Kier molecular flexibility index (Phi) is 4.78. The highest BCUT2D eigenvalue weighted by molar-refractivity contribution is 5.83. The number of ether oxygens (including phenoxy) is 1. The molecule has 0 amide bonds. The van der Waals surface area contributed by atoms with Gasteiger partial charge in [-0.05, 0) is 25.0 Å². The first kappa shape index (κ1) is 18.5. The zero-order chi connectivity index (χ0) is 19.7. The second kappa shape index (κ2) is 7.25. The predicted octanol–water partition coefficient (Wildman–Crippen LogP) is 3.07. The van der Waals surface area contributed by atoms with Crippen molar-refractivity contribution in [3.63, 3.8) is 0 Å². The number of hydrogen-bond donors (Lipinski definition) is 0. The Bertz CT molecular complexity index is 973. The maximum absolute atomic E-state index is 13.1. The van der Waals surface area contributed by atoms with E-state index >= 15 is 0 Å². The van der Waals surface area contributed by atoms with Crippen LogP contribution in [-0.4, -0.2) is 44.2 Å². The van der Waals surface area contributed by atoms with Gasteiger partial charge < -0.3 is 14.2 Å². The van der Waals surface area contributed by atoms with Crippen LogP contribution in [0.5, 0.6) is 5.88 Å². The fraction of sp³-hybridized carbons (Fsp3) is 0.444. The van der Waals surface area contributed by atoms with Crippen LogP contribution in [0.2, 0.25) is 0 Å². The summed E-state index contributed by atoms with van der Waals surface area (Å²) in [5.41, 5.74) is 0.607. The first-order valence-electron chi connectivity index (χ1n) is 8.95. The van der Waals surface area contributed by atoms with Crippen molar-refractivity contribution in [1.82, 2.24) is 24.5 Å². The Hall–Kier alpha value is -2.91. The van der Waals surface area contributed by atoms with Gasteiger partial charge in [-0.3, -0.25) is 0 Å². The van der Waals surface area contributed by atoms with E-state index in [2.05, 4.69) is 24.8 Å². The number of aryl methyl sites for hydroxylation is 1. The normalized spacial score (nSPS) is 17.9. The molecule has 0 saturated carbocycles. The summed E-state index contributed by atoms with van der Waals surface area (Å²) in [6, 6.07) is 2.24. The molecule has 10 heteroatoms. The molecular formula is C18H19F3N6O. The van der Waals surface area contributed by atoms with Gasteiger partial charge in [0.15, 0.2) is 17.0 Å². The van der Waals surface area contributed by atoms with Gasteiger partial charge in [-0.15, -0.1) is 0 Å². The van der Waals surface area contributed by atoms with E-state index in [-0.39, 0.29) is 18.4 Å². The van der Waals surface area contributed by atoms with Gasteiger partial charge in [0, 0.05) is 32.3 Å². The molecule has 0 radical (unpaired) electrons. The molecule has 7 nitrogen and oxygen atoms in total. The molecule has 148 valence electrons. The van der Waals surface area contributed by atoms with Gasteiger partial charge in [-0.25, -0.2) is 19.9 Å². The molecule has 4 heterocycles. The van der Waals surface area contributed by atoms with Crippen molar-refractivity contribution >= 4 is 17.0 Å². The van der Waals surface area contributed by atoms with E-state index in [4.69, 9.17) is 4.74 Å². The first-order valence-corrected chi connectivity index (χ1v) is 8.95. The average molecular weight is 392 g/mol. The molecule has 0 spiro atoms. The van der Waals surface area contributed by atoms with Gasteiger partial charge in [-0.1, -0.05) is 0 Å². The highest BCUT2D eigenvalue weighted by Crippen LogP contribution is 2.35. The molecular weight excluding hydrogens is 373 g/mol. The summed E-state index contributed by atoms with van der Waals surface area (Å²) in [5.74, 6) is 0.427. The number of anilines is 1. The molecule has 4 rings (SSSR count). The van der Waals surface area contributed by atoms with Gasteiger partial charge in [0.25, 0.3) is 0 Å². The van der Waals surface area contributed by atoms with E-state index in [1.165, 1.54) is 18.6 Å². The summed E-state index contributed by atoms with van der Waals surface area (Å²) < 4.78 is 46.6. The number of alkyl halides is 3. The Balaban J connectivity index is 1.48. The van der Waals surface area contributed by atoms with Crippen molar-refractivity contribution in [2.75, 3.05) is 24.6 Å². The predicted molar refractivity (Wildman–Crippen MR) is 96.0 cm³/mol. The quantitative estimate of drug-likeness (QED) is 0.680. The van der Waals surface area contributed by atoms with Gasteiger partial charge in [0.1, 0.15) is 11.9 Å². The highest BCUT2D eigenvalue weighted by atomic mass is 19.4. The topological polar surface area (TPSA) is 69.0 Å². The minimum absolute atomic E-state index is 0.0607. The van der Waals surface area contributed by atoms with E-state index < -0.39 is 11.7 Å². The number of pyridine rings is 1. The lowest BCUT2D eigenvalue weighted by molar-refractivity contribution is -0.139. The SMILES string of the molecule is Cn1cnc2c(N3CCCC(COc4ncccc4C(F)(F)F)C3)ncnc21. The van der Waals surface area contributed by atoms with Crippen molar-refractivity contribution in [2.24, 2.45) is 13.0 Å². The van der Waals surface area contributed by atoms with Crippen LogP contribution in [0.15, 0.2) is 31.0 Å². The van der Waals surface area contributed by atoms with Crippen molar-refractivity contribution in [3.05, 3.63) is 36.5 Å². The van der Waals surface area contributed by atoms with Gasteiger partial charge in [-0.2, -0.15) is 13.2 Å². The molecule has 1 aliphatic heterocycles. The molecule has 1 fully saturated rings. The number of fused-ring (bicyclic) bond motifs is 1. The van der Waals surface area contributed by atoms with Crippen molar-refractivity contribution in [3.8, 4) is 5.88 Å². The monoisotopic (exact) mass is 392 g/mol. The number of rotatable bonds is 4. The van der Waals surface area contributed by atoms with Crippen LogP contribution < -0.4 is 9.64 Å². The minimum Gasteiger partial charge on any atom is -0.477 e. The van der Waals surface area contributed by atoms with Gasteiger partial charge in [0.2, 0.25) is 5.88 Å². The number of nitrogens with zero attached hydrogens (tertiary/aromatic N) is 6. The third-order valence-corrected chi connectivity index (χ3v) is 4.83. The molecule has 1 aliphatic rings. The zero-order valence-electron chi connectivity index (χ0n) is 15.2. The number of imidazole rings is 1. The largest absolute Gasteiger partial charge is 0.477 e.